The normalized spacial score (nSPS) is 15.6. The second-order valence-corrected chi connectivity index (χ2v) is 4.52. The van der Waals surface area contributed by atoms with Gasteiger partial charge in [0.15, 0.2) is 0 Å². The molecule has 20 heavy (non-hydrogen) atoms. The van der Waals surface area contributed by atoms with E-state index in [4.69, 9.17) is 10.00 Å². The van der Waals surface area contributed by atoms with Crippen LogP contribution >= 0.6 is 0 Å². The predicted octanol–water partition coefficient (Wildman–Crippen LogP) is 0.759. The molecule has 1 aromatic carbocycles. The minimum atomic E-state index is -0.614. The molecule has 0 aromatic heterocycles. The molecule has 0 unspecified atom stereocenters. The molecule has 0 saturated carbocycles. The largest absolute Gasteiger partial charge is 0.379 e. The van der Waals surface area contributed by atoms with Crippen LogP contribution in [0.5, 0.6) is 0 Å². The van der Waals surface area contributed by atoms with Gasteiger partial charge in [0.05, 0.1) is 18.8 Å². The van der Waals surface area contributed by atoms with Crippen LogP contribution in [0.4, 0.5) is 4.39 Å². The van der Waals surface area contributed by atoms with Crippen molar-refractivity contribution in [2.75, 3.05) is 39.4 Å². The summed E-state index contributed by atoms with van der Waals surface area (Å²) >= 11 is 0. The smallest absolute Gasteiger partial charge is 0.251 e. The van der Waals surface area contributed by atoms with E-state index < -0.39 is 5.82 Å². The van der Waals surface area contributed by atoms with E-state index >= 15 is 0 Å². The molecular formula is C14H16FN3O2. The van der Waals surface area contributed by atoms with E-state index in [-0.39, 0.29) is 11.5 Å². The van der Waals surface area contributed by atoms with Crippen LogP contribution in [-0.2, 0) is 4.74 Å². The number of morpholine rings is 1. The molecule has 0 aliphatic carbocycles. The van der Waals surface area contributed by atoms with Gasteiger partial charge in [0.1, 0.15) is 11.9 Å². The molecule has 0 atom stereocenters. The molecular weight excluding hydrogens is 261 g/mol. The molecule has 1 heterocycles. The predicted molar refractivity (Wildman–Crippen MR) is 70.7 cm³/mol. The third-order valence-electron chi connectivity index (χ3n) is 3.17. The summed E-state index contributed by atoms with van der Waals surface area (Å²) in [6.07, 6.45) is 0. The van der Waals surface area contributed by atoms with Crippen molar-refractivity contribution in [2.45, 2.75) is 0 Å². The van der Waals surface area contributed by atoms with Crippen molar-refractivity contribution in [3.63, 3.8) is 0 Å². The lowest BCUT2D eigenvalue weighted by molar-refractivity contribution is 0.0383. The first-order valence-corrected chi connectivity index (χ1v) is 6.48. The molecule has 106 valence electrons. The number of nitriles is 1. The van der Waals surface area contributed by atoms with E-state index in [1.807, 2.05) is 0 Å². The lowest BCUT2D eigenvalue weighted by Gasteiger charge is -2.26. The summed E-state index contributed by atoms with van der Waals surface area (Å²) < 4.78 is 18.4. The fraction of sp³-hybridized carbons (Fsp3) is 0.429. The average molecular weight is 277 g/mol. The zero-order valence-corrected chi connectivity index (χ0v) is 11.1. The first kappa shape index (κ1) is 14.4. The van der Waals surface area contributed by atoms with Crippen molar-refractivity contribution >= 4 is 5.91 Å². The Morgan fingerprint density at radius 2 is 2.20 bits per heavy atom. The Kier molecular flexibility index (Phi) is 5.04. The third kappa shape index (κ3) is 3.76. The second kappa shape index (κ2) is 6.98. The minimum absolute atomic E-state index is 0.120. The highest BCUT2D eigenvalue weighted by atomic mass is 19.1. The Balaban J connectivity index is 1.84. The Morgan fingerprint density at radius 3 is 2.90 bits per heavy atom. The van der Waals surface area contributed by atoms with Crippen molar-refractivity contribution < 1.29 is 13.9 Å². The highest BCUT2D eigenvalue weighted by molar-refractivity contribution is 5.94. The zero-order chi connectivity index (χ0) is 14.4. The number of carbonyl (C=O) groups is 1. The molecule has 1 aliphatic rings. The van der Waals surface area contributed by atoms with Gasteiger partial charge in [-0.25, -0.2) is 4.39 Å². The second-order valence-electron chi connectivity index (χ2n) is 4.52. The number of carbonyl (C=O) groups excluding carboxylic acids is 1. The van der Waals surface area contributed by atoms with E-state index in [0.717, 1.165) is 38.9 Å². The number of halogens is 1. The summed E-state index contributed by atoms with van der Waals surface area (Å²) in [7, 11) is 0. The van der Waals surface area contributed by atoms with Crippen molar-refractivity contribution in [1.29, 1.82) is 5.26 Å². The molecule has 2 rings (SSSR count). The maximum atomic E-state index is 13.2. The summed E-state index contributed by atoms with van der Waals surface area (Å²) in [5.41, 5.74) is 0.177. The van der Waals surface area contributed by atoms with Crippen molar-refractivity contribution in [1.82, 2.24) is 10.2 Å². The summed E-state index contributed by atoms with van der Waals surface area (Å²) in [4.78, 5) is 14.1. The Morgan fingerprint density at radius 1 is 1.45 bits per heavy atom. The van der Waals surface area contributed by atoms with Gasteiger partial charge in [0, 0.05) is 31.7 Å². The zero-order valence-electron chi connectivity index (χ0n) is 11.1. The van der Waals surface area contributed by atoms with Crippen LogP contribution in [0, 0.1) is 17.1 Å². The van der Waals surface area contributed by atoms with Gasteiger partial charge in [-0.15, -0.1) is 0 Å². The SMILES string of the molecule is N#Cc1cc(C(=O)NCCN2CCOCC2)ccc1F. The number of rotatable bonds is 4. The van der Waals surface area contributed by atoms with Crippen LogP contribution in [0.25, 0.3) is 0 Å². The van der Waals surface area contributed by atoms with Gasteiger partial charge in [0.25, 0.3) is 5.91 Å². The maximum Gasteiger partial charge on any atom is 0.251 e. The highest BCUT2D eigenvalue weighted by Crippen LogP contribution is 2.09. The number of ether oxygens (including phenoxy) is 1. The van der Waals surface area contributed by atoms with Crippen molar-refractivity contribution in [3.05, 3.63) is 35.1 Å². The van der Waals surface area contributed by atoms with Crippen LogP contribution in [0.2, 0.25) is 0 Å². The maximum absolute atomic E-state index is 13.2. The Bertz CT molecular complexity index is 522. The van der Waals surface area contributed by atoms with Gasteiger partial charge >= 0.3 is 0 Å². The van der Waals surface area contributed by atoms with E-state index in [2.05, 4.69) is 10.2 Å². The lowest BCUT2D eigenvalue weighted by atomic mass is 10.1. The van der Waals surface area contributed by atoms with Crippen LogP contribution in [0.1, 0.15) is 15.9 Å². The number of nitrogens with one attached hydrogen (secondary N) is 1. The standard InChI is InChI=1S/C14H16FN3O2/c15-13-2-1-11(9-12(13)10-16)14(19)17-3-4-18-5-7-20-8-6-18/h1-2,9H,3-8H2,(H,17,19). The summed E-state index contributed by atoms with van der Waals surface area (Å²) in [6, 6.07) is 5.49. The van der Waals surface area contributed by atoms with Crippen LogP contribution in [-0.4, -0.2) is 50.2 Å². The Hall–Kier alpha value is -1.97. The average Bonchev–Trinajstić information content (AvgIpc) is 2.48. The molecule has 1 amide bonds. The first-order chi connectivity index (χ1) is 9.70. The number of hydrogen-bond acceptors (Lipinski definition) is 4. The van der Waals surface area contributed by atoms with E-state index in [1.165, 1.54) is 12.1 Å². The van der Waals surface area contributed by atoms with Gasteiger partial charge < -0.3 is 10.1 Å². The summed E-state index contributed by atoms with van der Waals surface area (Å²) in [5.74, 6) is -0.910. The molecule has 0 spiro atoms. The van der Waals surface area contributed by atoms with Gasteiger partial charge in [-0.05, 0) is 18.2 Å². The number of nitrogens with zero attached hydrogens (tertiary/aromatic N) is 2. The number of hydrogen-bond donors (Lipinski definition) is 1. The lowest BCUT2D eigenvalue weighted by Crippen LogP contribution is -2.41. The summed E-state index contributed by atoms with van der Waals surface area (Å²) in [5, 5.41) is 11.5. The van der Waals surface area contributed by atoms with Gasteiger partial charge in [-0.1, -0.05) is 0 Å². The number of amides is 1. The molecule has 6 heteroatoms. The minimum Gasteiger partial charge on any atom is -0.379 e. The number of benzene rings is 1. The van der Waals surface area contributed by atoms with E-state index in [0.29, 0.717) is 12.1 Å². The molecule has 1 fully saturated rings. The fourth-order valence-electron chi connectivity index (χ4n) is 2.01. The molecule has 5 nitrogen and oxygen atoms in total. The monoisotopic (exact) mass is 277 g/mol. The summed E-state index contributed by atoms with van der Waals surface area (Å²) in [6.45, 7) is 4.43. The van der Waals surface area contributed by atoms with E-state index in [1.54, 1.807) is 6.07 Å². The molecule has 1 saturated heterocycles. The topological polar surface area (TPSA) is 65.4 Å². The molecule has 0 bridgehead atoms. The van der Waals surface area contributed by atoms with Crippen LogP contribution in [0.3, 0.4) is 0 Å². The quantitative estimate of drug-likeness (QED) is 0.882. The van der Waals surface area contributed by atoms with Crippen LogP contribution in [0.15, 0.2) is 18.2 Å². The van der Waals surface area contributed by atoms with E-state index in [9.17, 15) is 9.18 Å². The Labute approximate surface area is 116 Å². The first-order valence-electron chi connectivity index (χ1n) is 6.48. The van der Waals surface area contributed by atoms with Gasteiger partial charge in [-0.2, -0.15) is 5.26 Å². The molecule has 1 aromatic rings. The van der Waals surface area contributed by atoms with Gasteiger partial charge in [-0.3, -0.25) is 9.69 Å². The van der Waals surface area contributed by atoms with Crippen LogP contribution < -0.4 is 5.32 Å². The highest BCUT2D eigenvalue weighted by Gasteiger charge is 2.12. The van der Waals surface area contributed by atoms with Crippen molar-refractivity contribution in [3.8, 4) is 6.07 Å². The third-order valence-corrected chi connectivity index (χ3v) is 3.17. The van der Waals surface area contributed by atoms with Crippen molar-refractivity contribution in [2.24, 2.45) is 0 Å². The van der Waals surface area contributed by atoms with Gasteiger partial charge in [0.2, 0.25) is 0 Å². The molecule has 1 aliphatic heterocycles. The molecule has 0 radical (unpaired) electrons. The molecule has 1 N–H and O–H groups in total. The fourth-order valence-corrected chi connectivity index (χ4v) is 2.01.